The Morgan fingerprint density at radius 1 is 1.37 bits per heavy atom. The van der Waals surface area contributed by atoms with Crippen LogP contribution in [0.4, 0.5) is 0 Å². The monoisotopic (exact) mass is 412 g/mol. The number of para-hydroxylation sites is 1. The molecule has 2 aromatic rings. The summed E-state index contributed by atoms with van der Waals surface area (Å²) in [4.78, 5) is 28.2. The molecule has 1 aromatic carbocycles. The molecule has 1 aromatic heterocycles. The Balaban J connectivity index is 1.39. The van der Waals surface area contributed by atoms with E-state index in [0.29, 0.717) is 6.42 Å². The Labute approximate surface area is 160 Å². The number of carbonyl (C=O) groups excluding carboxylic acids is 2. The average molecular weight is 412 g/mol. The highest BCUT2D eigenvalue weighted by Crippen LogP contribution is 2.21. The summed E-state index contributed by atoms with van der Waals surface area (Å²) in [5.74, 6) is -1.20. The van der Waals surface area contributed by atoms with Gasteiger partial charge in [0.1, 0.15) is 11.6 Å². The number of carbonyl (C=O) groups is 2. The van der Waals surface area contributed by atoms with E-state index in [4.69, 9.17) is 9.47 Å². The molecule has 1 N–H and O–H groups in total. The number of sulfone groups is 1. The Bertz CT molecular complexity index is 907. The van der Waals surface area contributed by atoms with Crippen LogP contribution in [0.25, 0.3) is 10.2 Å². The van der Waals surface area contributed by atoms with E-state index in [0.717, 1.165) is 15.2 Å². The lowest BCUT2D eigenvalue weighted by Crippen LogP contribution is -2.42. The Morgan fingerprint density at radius 3 is 2.85 bits per heavy atom. The van der Waals surface area contributed by atoms with Gasteiger partial charge in [-0.1, -0.05) is 12.1 Å². The van der Waals surface area contributed by atoms with Crippen LogP contribution in [-0.2, 0) is 35.5 Å². The average Bonchev–Trinajstić information content (AvgIpc) is 3.16. The molecule has 146 valence electrons. The molecule has 3 rings (SSSR count). The van der Waals surface area contributed by atoms with Crippen molar-refractivity contribution in [3.63, 3.8) is 0 Å². The van der Waals surface area contributed by atoms with Crippen LogP contribution in [0.15, 0.2) is 24.3 Å². The third-order valence-electron chi connectivity index (χ3n) is 4.04. The minimum atomic E-state index is -3.09. The topological polar surface area (TPSA) is 112 Å². The molecule has 1 amide bonds. The molecule has 2 heterocycles. The van der Waals surface area contributed by atoms with Gasteiger partial charge in [-0.25, -0.2) is 18.2 Å². The fourth-order valence-electron chi connectivity index (χ4n) is 2.72. The second-order valence-corrected chi connectivity index (χ2v) is 9.65. The minimum Gasteiger partial charge on any atom is -0.451 e. The number of amides is 1. The highest BCUT2D eigenvalue weighted by Gasteiger charge is 2.30. The van der Waals surface area contributed by atoms with E-state index in [9.17, 15) is 18.0 Å². The first-order valence-corrected chi connectivity index (χ1v) is 11.1. The standard InChI is InChI=1S/C17H20N2O6S2/c1-11(17(21)18-12-6-7-27(22,23)10-12)25-16(20)9-24-8-15-19-13-4-2-3-5-14(13)26-15/h2-5,11-12H,6-10H2,1H3,(H,18,21)/t11-,12+/m0/s1. The van der Waals surface area contributed by atoms with Gasteiger partial charge in [-0.3, -0.25) is 4.79 Å². The van der Waals surface area contributed by atoms with Gasteiger partial charge in [0.25, 0.3) is 5.91 Å². The van der Waals surface area contributed by atoms with Crippen molar-refractivity contribution < 1.29 is 27.5 Å². The molecule has 10 heteroatoms. The van der Waals surface area contributed by atoms with Crippen LogP contribution in [0.1, 0.15) is 18.4 Å². The zero-order chi connectivity index (χ0) is 19.4. The lowest BCUT2D eigenvalue weighted by atomic mass is 10.2. The number of ether oxygens (including phenoxy) is 2. The van der Waals surface area contributed by atoms with Crippen LogP contribution in [-0.4, -0.2) is 55.5 Å². The van der Waals surface area contributed by atoms with Gasteiger partial charge in [-0.15, -0.1) is 11.3 Å². The van der Waals surface area contributed by atoms with Crippen LogP contribution >= 0.6 is 11.3 Å². The number of benzene rings is 1. The summed E-state index contributed by atoms with van der Waals surface area (Å²) in [6, 6.07) is 7.26. The fourth-order valence-corrected chi connectivity index (χ4v) is 5.29. The largest absolute Gasteiger partial charge is 0.451 e. The molecule has 8 nitrogen and oxygen atoms in total. The number of rotatable bonds is 7. The first-order chi connectivity index (χ1) is 12.8. The smallest absolute Gasteiger partial charge is 0.332 e. The van der Waals surface area contributed by atoms with Gasteiger partial charge < -0.3 is 14.8 Å². The molecule has 2 atom stereocenters. The van der Waals surface area contributed by atoms with Crippen molar-refractivity contribution >= 4 is 43.3 Å². The molecule has 0 aliphatic carbocycles. The number of thiazole rings is 1. The van der Waals surface area contributed by atoms with E-state index < -0.39 is 33.9 Å². The minimum absolute atomic E-state index is 0.0612. The second kappa shape index (κ2) is 8.32. The van der Waals surface area contributed by atoms with Gasteiger partial charge in [-0.2, -0.15) is 0 Å². The highest BCUT2D eigenvalue weighted by atomic mass is 32.2. The van der Waals surface area contributed by atoms with E-state index in [1.54, 1.807) is 0 Å². The van der Waals surface area contributed by atoms with Crippen molar-refractivity contribution in [2.45, 2.75) is 32.1 Å². The number of hydrogen-bond donors (Lipinski definition) is 1. The quantitative estimate of drug-likeness (QED) is 0.677. The normalized spacial score (nSPS) is 19.7. The summed E-state index contributed by atoms with van der Waals surface area (Å²) in [6.07, 6.45) is -0.646. The van der Waals surface area contributed by atoms with E-state index in [1.807, 2.05) is 24.3 Å². The highest BCUT2D eigenvalue weighted by molar-refractivity contribution is 7.91. The van der Waals surface area contributed by atoms with Crippen molar-refractivity contribution in [3.05, 3.63) is 29.3 Å². The molecule has 0 saturated carbocycles. The molecule has 0 radical (unpaired) electrons. The Hall–Kier alpha value is -2.04. The lowest BCUT2D eigenvalue weighted by Gasteiger charge is -2.16. The molecule has 1 aliphatic heterocycles. The van der Waals surface area contributed by atoms with Crippen molar-refractivity contribution in [2.24, 2.45) is 0 Å². The first-order valence-electron chi connectivity index (χ1n) is 8.45. The number of nitrogens with one attached hydrogen (secondary N) is 1. The van der Waals surface area contributed by atoms with E-state index in [1.165, 1.54) is 18.3 Å². The number of nitrogens with zero attached hydrogens (tertiary/aromatic N) is 1. The zero-order valence-electron chi connectivity index (χ0n) is 14.7. The first kappa shape index (κ1) is 19.7. The number of hydrogen-bond acceptors (Lipinski definition) is 8. The summed E-state index contributed by atoms with van der Waals surface area (Å²) in [5, 5.41) is 3.34. The van der Waals surface area contributed by atoms with Gasteiger partial charge in [0.2, 0.25) is 0 Å². The SMILES string of the molecule is C[C@H](OC(=O)COCc1nc2ccccc2s1)C(=O)N[C@@H]1CCS(=O)(=O)C1. The third-order valence-corrected chi connectivity index (χ3v) is 6.82. The fraction of sp³-hybridized carbons (Fsp3) is 0.471. The van der Waals surface area contributed by atoms with Gasteiger partial charge in [0.15, 0.2) is 15.9 Å². The van der Waals surface area contributed by atoms with Crippen molar-refractivity contribution in [1.82, 2.24) is 10.3 Å². The maximum Gasteiger partial charge on any atom is 0.332 e. The molecule has 1 fully saturated rings. The molecule has 0 unspecified atom stereocenters. The maximum atomic E-state index is 12.0. The molecule has 27 heavy (non-hydrogen) atoms. The number of esters is 1. The van der Waals surface area contributed by atoms with Crippen LogP contribution in [0, 0.1) is 0 Å². The molecular formula is C17H20N2O6S2. The molecule has 1 aliphatic rings. The van der Waals surface area contributed by atoms with Crippen LogP contribution < -0.4 is 5.32 Å². The van der Waals surface area contributed by atoms with Crippen molar-refractivity contribution in [1.29, 1.82) is 0 Å². The zero-order valence-corrected chi connectivity index (χ0v) is 16.3. The summed E-state index contributed by atoms with van der Waals surface area (Å²) in [6.45, 7) is 1.31. The summed E-state index contributed by atoms with van der Waals surface area (Å²) >= 11 is 1.48. The molecular weight excluding hydrogens is 392 g/mol. The predicted molar refractivity (Wildman–Crippen MR) is 100 cm³/mol. The third kappa shape index (κ3) is 5.47. The van der Waals surface area contributed by atoms with Crippen molar-refractivity contribution in [2.75, 3.05) is 18.1 Å². The number of aromatic nitrogens is 1. The van der Waals surface area contributed by atoms with Crippen molar-refractivity contribution in [3.8, 4) is 0 Å². The van der Waals surface area contributed by atoms with Crippen LogP contribution in [0.5, 0.6) is 0 Å². The van der Waals surface area contributed by atoms with Gasteiger partial charge >= 0.3 is 5.97 Å². The van der Waals surface area contributed by atoms with Gasteiger partial charge in [0, 0.05) is 6.04 Å². The lowest BCUT2D eigenvalue weighted by molar-refractivity contribution is -0.159. The molecule has 0 spiro atoms. The van der Waals surface area contributed by atoms with Gasteiger partial charge in [-0.05, 0) is 25.5 Å². The maximum absolute atomic E-state index is 12.0. The van der Waals surface area contributed by atoms with Crippen LogP contribution in [0.3, 0.4) is 0 Å². The summed E-state index contributed by atoms with van der Waals surface area (Å²) in [7, 11) is -3.09. The van der Waals surface area contributed by atoms with E-state index in [-0.39, 0.29) is 24.7 Å². The number of fused-ring (bicyclic) bond motifs is 1. The summed E-state index contributed by atoms with van der Waals surface area (Å²) in [5.41, 5.74) is 0.878. The Morgan fingerprint density at radius 2 is 2.15 bits per heavy atom. The van der Waals surface area contributed by atoms with E-state index >= 15 is 0 Å². The predicted octanol–water partition coefficient (Wildman–Crippen LogP) is 1.05. The van der Waals surface area contributed by atoms with Crippen LogP contribution in [0.2, 0.25) is 0 Å². The second-order valence-electron chi connectivity index (χ2n) is 6.31. The molecule has 1 saturated heterocycles. The van der Waals surface area contributed by atoms with E-state index in [2.05, 4.69) is 10.3 Å². The molecule has 0 bridgehead atoms. The van der Waals surface area contributed by atoms with Gasteiger partial charge in [0.05, 0.1) is 28.3 Å². The Kier molecular flexibility index (Phi) is 6.08. The summed E-state index contributed by atoms with van der Waals surface area (Å²) < 4.78 is 34.2.